The molecule has 3 rings (SSSR count). The molecule has 3 aliphatic rings. The molecule has 13 nitrogen and oxygen atoms in total. The summed E-state index contributed by atoms with van der Waals surface area (Å²) in [7, 11) is 7.19. The fourth-order valence-electron chi connectivity index (χ4n) is 8.07. The van der Waals surface area contributed by atoms with Crippen LogP contribution < -0.4 is 5.32 Å². The van der Waals surface area contributed by atoms with Crippen molar-refractivity contribution >= 4 is 17.8 Å². The van der Waals surface area contributed by atoms with Crippen LogP contribution in [0.2, 0.25) is 0 Å². The van der Waals surface area contributed by atoms with E-state index in [0.29, 0.717) is 32.2 Å². The van der Waals surface area contributed by atoms with Crippen LogP contribution in [0.25, 0.3) is 0 Å². The monoisotopic (exact) mass is 727 g/mol. The number of carbonyl (C=O) groups is 3. The molecule has 296 valence electrons. The second-order valence-electron chi connectivity index (χ2n) is 17.2. The first-order valence-corrected chi connectivity index (χ1v) is 18.9. The normalized spacial score (nSPS) is 39.5. The zero-order valence-electron chi connectivity index (χ0n) is 33.3. The van der Waals surface area contributed by atoms with E-state index in [-0.39, 0.29) is 67.3 Å². The van der Waals surface area contributed by atoms with Gasteiger partial charge in [-0.25, -0.2) is 0 Å². The van der Waals surface area contributed by atoms with Gasteiger partial charge in [-0.3, -0.25) is 14.4 Å². The minimum Gasteiger partial charge on any atom is -0.460 e. The SMILES string of the molecule is CO[C@]1(C)C[C@H](C[C@H]2C[C@@H](O[C@@H]3O[C@H](C)C[C@H](N(C)C)[C@H]3O)[C@H](O)C[C@@H](C)CN(C)C(=O)C(CCC(=O)OC(C)(C)C)NC(=O)[C@@H]2C)O[C@@H](C)C1. The topological polar surface area (TPSA) is 156 Å². The van der Waals surface area contributed by atoms with Gasteiger partial charge in [0, 0.05) is 51.9 Å². The summed E-state index contributed by atoms with van der Waals surface area (Å²) in [4.78, 5) is 44.2. The zero-order valence-corrected chi connectivity index (χ0v) is 33.3. The summed E-state index contributed by atoms with van der Waals surface area (Å²) >= 11 is 0. The average molecular weight is 728 g/mol. The highest BCUT2D eigenvalue weighted by Gasteiger charge is 2.44. The van der Waals surface area contributed by atoms with E-state index in [1.54, 1.807) is 39.8 Å². The number of nitrogens with one attached hydrogen (secondary N) is 1. The molecule has 0 bridgehead atoms. The minimum absolute atomic E-state index is 0.0384. The molecule has 0 aromatic rings. The zero-order chi connectivity index (χ0) is 38.4. The Bertz CT molecular complexity index is 1150. The summed E-state index contributed by atoms with van der Waals surface area (Å²) in [5.74, 6) is -2.24. The lowest BCUT2D eigenvalue weighted by atomic mass is 9.78. The Labute approximate surface area is 306 Å². The lowest BCUT2D eigenvalue weighted by molar-refractivity contribution is -0.280. The first-order valence-electron chi connectivity index (χ1n) is 18.9. The van der Waals surface area contributed by atoms with Crippen molar-refractivity contribution in [3.63, 3.8) is 0 Å². The second-order valence-corrected chi connectivity index (χ2v) is 17.2. The van der Waals surface area contributed by atoms with Crippen LogP contribution in [0.1, 0.15) is 107 Å². The van der Waals surface area contributed by atoms with Gasteiger partial charge in [-0.15, -0.1) is 0 Å². The van der Waals surface area contributed by atoms with E-state index in [4.69, 9.17) is 23.7 Å². The summed E-state index contributed by atoms with van der Waals surface area (Å²) in [5, 5.41) is 26.2. The summed E-state index contributed by atoms with van der Waals surface area (Å²) in [5.41, 5.74) is -1.08. The number of nitrogens with zero attached hydrogens (tertiary/aromatic N) is 2. The van der Waals surface area contributed by atoms with E-state index in [2.05, 4.69) is 12.2 Å². The number of rotatable bonds is 9. The summed E-state index contributed by atoms with van der Waals surface area (Å²) < 4.78 is 30.5. The lowest BCUT2D eigenvalue weighted by Gasteiger charge is -2.44. The number of hydrogen-bond acceptors (Lipinski definition) is 11. The second kappa shape index (κ2) is 18.4. The molecule has 0 saturated carbocycles. The number of carbonyl (C=O) groups excluding carboxylic acids is 3. The smallest absolute Gasteiger partial charge is 0.306 e. The van der Waals surface area contributed by atoms with Crippen molar-refractivity contribution in [3.05, 3.63) is 0 Å². The van der Waals surface area contributed by atoms with Crippen LogP contribution in [0.4, 0.5) is 0 Å². The number of ether oxygens (including phenoxy) is 5. The molecule has 3 heterocycles. The van der Waals surface area contributed by atoms with E-state index in [1.165, 1.54) is 0 Å². The van der Waals surface area contributed by atoms with Gasteiger partial charge in [-0.1, -0.05) is 13.8 Å². The van der Waals surface area contributed by atoms with Crippen LogP contribution in [0.15, 0.2) is 0 Å². The molecular formula is C38H69N3O10. The number of esters is 1. The standard InChI is InChI=1S/C38H69N3O10/c1-22-15-30(42)31(50-36-33(44)29(40(9)10)16-23(2)49-36)18-26(17-27-20-38(8,47-12)19-24(3)48-27)25(4)34(45)39-28(35(46)41(11)21-22)13-14-32(43)51-37(5,6)7/h22-31,33,36,42,44H,13-21H2,1-12H3,(H,39,45)/t22-,23-,24+,25-,26+,27+,28?,29+,30-,31-,33-,36+,38+/m1/s1. The van der Waals surface area contributed by atoms with E-state index in [9.17, 15) is 24.6 Å². The van der Waals surface area contributed by atoms with E-state index < -0.39 is 53.7 Å². The first-order chi connectivity index (χ1) is 23.6. The molecule has 1 unspecified atom stereocenters. The average Bonchev–Trinajstić information content (AvgIpc) is 3.01. The van der Waals surface area contributed by atoms with Crippen molar-refractivity contribution < 1.29 is 48.3 Å². The molecule has 0 aromatic heterocycles. The quantitative estimate of drug-likeness (QED) is 0.300. The predicted octanol–water partition coefficient (Wildman–Crippen LogP) is 3.27. The van der Waals surface area contributed by atoms with Gasteiger partial charge in [0.25, 0.3) is 0 Å². The Hall–Kier alpha value is -1.87. The lowest BCUT2D eigenvalue weighted by Crippen LogP contribution is -2.56. The predicted molar refractivity (Wildman–Crippen MR) is 193 cm³/mol. The minimum atomic E-state index is -0.985. The number of amides is 2. The van der Waals surface area contributed by atoms with Gasteiger partial charge in [0.2, 0.25) is 11.8 Å². The maximum atomic E-state index is 14.2. The van der Waals surface area contributed by atoms with Crippen molar-refractivity contribution in [3.8, 4) is 0 Å². The molecule has 51 heavy (non-hydrogen) atoms. The third-order valence-electron chi connectivity index (χ3n) is 10.8. The number of aliphatic hydroxyl groups excluding tert-OH is 2. The summed E-state index contributed by atoms with van der Waals surface area (Å²) in [6.45, 7) is 15.5. The molecule has 0 aliphatic carbocycles. The molecule has 0 radical (unpaired) electrons. The van der Waals surface area contributed by atoms with Gasteiger partial charge in [0.05, 0.1) is 36.1 Å². The Morgan fingerprint density at radius 3 is 2.31 bits per heavy atom. The van der Waals surface area contributed by atoms with Gasteiger partial charge < -0.3 is 49.0 Å². The van der Waals surface area contributed by atoms with Crippen molar-refractivity contribution in [1.29, 1.82) is 0 Å². The number of methoxy groups -OCH3 is 1. The molecule has 3 saturated heterocycles. The molecule has 13 heteroatoms. The van der Waals surface area contributed by atoms with Crippen LogP contribution >= 0.6 is 0 Å². The number of hydrogen-bond donors (Lipinski definition) is 3. The van der Waals surface area contributed by atoms with E-state index >= 15 is 0 Å². The summed E-state index contributed by atoms with van der Waals surface area (Å²) in [6.07, 6.45) is -1.10. The third kappa shape index (κ3) is 12.9. The van der Waals surface area contributed by atoms with Gasteiger partial charge in [-0.05, 0) is 99.6 Å². The van der Waals surface area contributed by atoms with Gasteiger partial charge in [0.1, 0.15) is 17.7 Å². The molecule has 0 spiro atoms. The van der Waals surface area contributed by atoms with Crippen LogP contribution in [-0.2, 0) is 38.1 Å². The van der Waals surface area contributed by atoms with Crippen LogP contribution in [0, 0.1) is 17.8 Å². The van der Waals surface area contributed by atoms with Gasteiger partial charge in [0.15, 0.2) is 6.29 Å². The van der Waals surface area contributed by atoms with Crippen LogP contribution in [0.5, 0.6) is 0 Å². The highest BCUT2D eigenvalue weighted by atomic mass is 16.7. The van der Waals surface area contributed by atoms with E-state index in [0.717, 1.165) is 6.42 Å². The van der Waals surface area contributed by atoms with Crippen molar-refractivity contribution in [1.82, 2.24) is 15.1 Å². The number of aliphatic hydroxyl groups is 2. The molecule has 2 amide bonds. The van der Waals surface area contributed by atoms with E-state index in [1.807, 2.05) is 46.7 Å². The number of likely N-dealkylation sites (N-methyl/N-ethyl adjacent to an activating group) is 2. The maximum Gasteiger partial charge on any atom is 0.306 e. The summed E-state index contributed by atoms with van der Waals surface area (Å²) in [6, 6.07) is -1.15. The molecular weight excluding hydrogens is 658 g/mol. The fraction of sp³-hybridized carbons (Fsp3) is 0.921. The van der Waals surface area contributed by atoms with Crippen LogP contribution in [-0.4, -0.2) is 139 Å². The van der Waals surface area contributed by atoms with Crippen LogP contribution in [0.3, 0.4) is 0 Å². The molecule has 3 aliphatic heterocycles. The Kier molecular flexibility index (Phi) is 15.7. The Balaban J connectivity index is 1.99. The molecule has 0 aromatic carbocycles. The third-order valence-corrected chi connectivity index (χ3v) is 10.8. The molecule has 13 atom stereocenters. The van der Waals surface area contributed by atoms with Gasteiger partial charge in [-0.2, -0.15) is 0 Å². The van der Waals surface area contributed by atoms with Crippen molar-refractivity contribution in [2.75, 3.05) is 34.8 Å². The Morgan fingerprint density at radius 1 is 1.04 bits per heavy atom. The van der Waals surface area contributed by atoms with Crippen molar-refractivity contribution in [2.45, 2.75) is 173 Å². The highest BCUT2D eigenvalue weighted by molar-refractivity contribution is 5.88. The highest BCUT2D eigenvalue weighted by Crippen LogP contribution is 2.38. The van der Waals surface area contributed by atoms with Crippen molar-refractivity contribution in [2.24, 2.45) is 17.8 Å². The molecule has 3 N–H and O–H groups in total. The maximum absolute atomic E-state index is 14.2. The van der Waals surface area contributed by atoms with Gasteiger partial charge >= 0.3 is 5.97 Å². The fourth-order valence-corrected chi connectivity index (χ4v) is 8.07. The molecule has 3 fully saturated rings. The Morgan fingerprint density at radius 2 is 1.71 bits per heavy atom. The first kappa shape index (κ1) is 43.5. The largest absolute Gasteiger partial charge is 0.460 e.